The molecule has 0 aromatic heterocycles. The molecule has 1 amide bonds. The number of amides is 1. The largest absolute Gasteiger partial charge is 0.355 e. The molecule has 3 aromatic carbocycles. The molecule has 30 heavy (non-hydrogen) atoms. The second-order valence-electron chi connectivity index (χ2n) is 8.23. The van der Waals surface area contributed by atoms with Gasteiger partial charge in [0.05, 0.1) is 5.92 Å². The summed E-state index contributed by atoms with van der Waals surface area (Å²) in [4.78, 5) is 15.8. The van der Waals surface area contributed by atoms with E-state index < -0.39 is 0 Å². The van der Waals surface area contributed by atoms with Crippen molar-refractivity contribution in [3.05, 3.63) is 108 Å². The summed E-state index contributed by atoms with van der Waals surface area (Å²) in [5.41, 5.74) is 3.43. The third kappa shape index (κ3) is 5.37. The van der Waals surface area contributed by atoms with E-state index in [-0.39, 0.29) is 11.8 Å². The van der Waals surface area contributed by atoms with Crippen LogP contribution in [0.2, 0.25) is 0 Å². The predicted octanol–water partition coefficient (Wildman–Crippen LogP) is 4.85. The first-order valence-electron chi connectivity index (χ1n) is 10.9. The van der Waals surface area contributed by atoms with Gasteiger partial charge < -0.3 is 5.32 Å². The topological polar surface area (TPSA) is 32.3 Å². The van der Waals surface area contributed by atoms with E-state index in [0.29, 0.717) is 5.92 Å². The van der Waals surface area contributed by atoms with E-state index in [0.717, 1.165) is 37.3 Å². The first-order valence-corrected chi connectivity index (χ1v) is 10.9. The van der Waals surface area contributed by atoms with Gasteiger partial charge in [0, 0.05) is 19.6 Å². The number of benzene rings is 3. The first kappa shape index (κ1) is 20.4. The van der Waals surface area contributed by atoms with Gasteiger partial charge in [-0.2, -0.15) is 0 Å². The maximum absolute atomic E-state index is 13.2. The highest BCUT2D eigenvalue weighted by Gasteiger charge is 2.25. The SMILES string of the molecule is O=C(NCC1CCCN(Cc2ccccc2)C1)C(c1ccccc1)c1ccccc1. The molecule has 3 heteroatoms. The van der Waals surface area contributed by atoms with E-state index >= 15 is 0 Å². The van der Waals surface area contributed by atoms with E-state index in [1.54, 1.807) is 0 Å². The Morgan fingerprint density at radius 1 is 0.867 bits per heavy atom. The summed E-state index contributed by atoms with van der Waals surface area (Å²) in [6.45, 7) is 3.90. The van der Waals surface area contributed by atoms with Gasteiger partial charge in [-0.1, -0.05) is 91.0 Å². The molecule has 1 heterocycles. The van der Waals surface area contributed by atoms with Crippen molar-refractivity contribution in [1.82, 2.24) is 10.2 Å². The zero-order valence-electron chi connectivity index (χ0n) is 17.4. The molecule has 0 saturated carbocycles. The zero-order valence-corrected chi connectivity index (χ0v) is 17.4. The average molecular weight is 399 g/mol. The molecule has 0 radical (unpaired) electrons. The number of carbonyl (C=O) groups is 1. The van der Waals surface area contributed by atoms with Crippen molar-refractivity contribution in [1.29, 1.82) is 0 Å². The Bertz CT molecular complexity index is 872. The van der Waals surface area contributed by atoms with Crippen LogP contribution in [0.4, 0.5) is 0 Å². The van der Waals surface area contributed by atoms with Crippen LogP contribution in [0.1, 0.15) is 35.4 Å². The van der Waals surface area contributed by atoms with E-state index in [9.17, 15) is 4.79 Å². The Morgan fingerprint density at radius 2 is 1.43 bits per heavy atom. The molecular formula is C27H30N2O. The third-order valence-electron chi connectivity index (χ3n) is 5.95. The number of nitrogens with one attached hydrogen (secondary N) is 1. The highest BCUT2D eigenvalue weighted by atomic mass is 16.1. The summed E-state index contributed by atoms with van der Waals surface area (Å²) in [5, 5.41) is 3.27. The summed E-state index contributed by atoms with van der Waals surface area (Å²) in [6, 6.07) is 30.8. The fourth-order valence-corrected chi connectivity index (χ4v) is 4.44. The molecule has 1 unspecified atom stereocenters. The van der Waals surface area contributed by atoms with Crippen molar-refractivity contribution in [2.24, 2.45) is 5.92 Å². The molecule has 1 aliphatic rings. The fourth-order valence-electron chi connectivity index (χ4n) is 4.44. The molecule has 154 valence electrons. The van der Waals surface area contributed by atoms with Gasteiger partial charge in [-0.05, 0) is 42.0 Å². The van der Waals surface area contributed by atoms with Gasteiger partial charge in [-0.25, -0.2) is 0 Å². The Labute approximate surface area is 179 Å². The first-order chi connectivity index (χ1) is 14.8. The van der Waals surface area contributed by atoms with E-state index in [1.165, 1.54) is 18.4 Å². The number of likely N-dealkylation sites (tertiary alicyclic amines) is 1. The minimum atomic E-state index is -0.267. The Morgan fingerprint density at radius 3 is 2.03 bits per heavy atom. The van der Waals surface area contributed by atoms with E-state index in [4.69, 9.17) is 0 Å². The standard InChI is InChI=1S/C27H30N2O/c30-27(26(24-14-6-2-7-15-24)25-16-8-3-9-17-25)28-19-23-13-10-18-29(21-23)20-22-11-4-1-5-12-22/h1-9,11-12,14-17,23,26H,10,13,18-21H2,(H,28,30). The van der Waals surface area contributed by atoms with Gasteiger partial charge >= 0.3 is 0 Å². The molecule has 3 nitrogen and oxygen atoms in total. The van der Waals surface area contributed by atoms with Crippen LogP contribution >= 0.6 is 0 Å². The fraction of sp³-hybridized carbons (Fsp3) is 0.296. The number of rotatable bonds is 7. The van der Waals surface area contributed by atoms with Crippen LogP contribution in [-0.4, -0.2) is 30.4 Å². The molecule has 1 fully saturated rings. The summed E-state index contributed by atoms with van der Waals surface area (Å²) in [5.74, 6) is 0.322. The summed E-state index contributed by atoms with van der Waals surface area (Å²) in [7, 11) is 0. The normalized spacial score (nSPS) is 17.0. The minimum Gasteiger partial charge on any atom is -0.355 e. The maximum Gasteiger partial charge on any atom is 0.232 e. The molecule has 4 rings (SSSR count). The van der Waals surface area contributed by atoms with E-state index in [2.05, 4.69) is 40.5 Å². The maximum atomic E-state index is 13.2. The molecule has 3 aromatic rings. The number of hydrogen-bond donors (Lipinski definition) is 1. The second-order valence-corrected chi connectivity index (χ2v) is 8.23. The molecule has 1 saturated heterocycles. The van der Waals surface area contributed by atoms with Crippen molar-refractivity contribution in [2.45, 2.75) is 25.3 Å². The van der Waals surface area contributed by atoms with Crippen LogP contribution in [0.15, 0.2) is 91.0 Å². The van der Waals surface area contributed by atoms with Crippen molar-refractivity contribution < 1.29 is 4.79 Å². The molecule has 1 aliphatic heterocycles. The van der Waals surface area contributed by atoms with Crippen LogP contribution in [0.5, 0.6) is 0 Å². The van der Waals surface area contributed by atoms with Crippen LogP contribution in [0.25, 0.3) is 0 Å². The quantitative estimate of drug-likeness (QED) is 0.617. The lowest BCUT2D eigenvalue weighted by atomic mass is 9.90. The van der Waals surface area contributed by atoms with Crippen LogP contribution in [0, 0.1) is 5.92 Å². The number of nitrogens with zero attached hydrogens (tertiary/aromatic N) is 1. The van der Waals surface area contributed by atoms with E-state index in [1.807, 2.05) is 60.7 Å². The van der Waals surface area contributed by atoms with Gasteiger partial charge in [-0.15, -0.1) is 0 Å². The molecular weight excluding hydrogens is 368 g/mol. The van der Waals surface area contributed by atoms with Crippen LogP contribution in [0.3, 0.4) is 0 Å². The highest BCUT2D eigenvalue weighted by molar-refractivity contribution is 5.87. The number of piperidine rings is 1. The molecule has 1 atom stereocenters. The lowest BCUT2D eigenvalue weighted by molar-refractivity contribution is -0.122. The summed E-state index contributed by atoms with van der Waals surface area (Å²) in [6.07, 6.45) is 2.36. The zero-order chi connectivity index (χ0) is 20.6. The smallest absolute Gasteiger partial charge is 0.232 e. The molecule has 0 aliphatic carbocycles. The number of hydrogen-bond acceptors (Lipinski definition) is 2. The average Bonchev–Trinajstić information content (AvgIpc) is 2.80. The van der Waals surface area contributed by atoms with Crippen molar-refractivity contribution in [3.8, 4) is 0 Å². The van der Waals surface area contributed by atoms with Crippen molar-refractivity contribution in [2.75, 3.05) is 19.6 Å². The lowest BCUT2D eigenvalue weighted by Crippen LogP contribution is -2.41. The number of carbonyl (C=O) groups excluding carboxylic acids is 1. The van der Waals surface area contributed by atoms with Gasteiger partial charge in [0.1, 0.15) is 0 Å². The second kappa shape index (κ2) is 10.2. The monoisotopic (exact) mass is 398 g/mol. The van der Waals surface area contributed by atoms with Gasteiger partial charge in [-0.3, -0.25) is 9.69 Å². The third-order valence-corrected chi connectivity index (χ3v) is 5.95. The Balaban J connectivity index is 1.38. The lowest BCUT2D eigenvalue weighted by Gasteiger charge is -2.33. The van der Waals surface area contributed by atoms with Crippen molar-refractivity contribution >= 4 is 5.91 Å². The van der Waals surface area contributed by atoms with Gasteiger partial charge in [0.25, 0.3) is 0 Å². The predicted molar refractivity (Wildman–Crippen MR) is 122 cm³/mol. The molecule has 0 spiro atoms. The van der Waals surface area contributed by atoms with Gasteiger partial charge in [0.2, 0.25) is 5.91 Å². The molecule has 1 N–H and O–H groups in total. The summed E-state index contributed by atoms with van der Waals surface area (Å²) >= 11 is 0. The highest BCUT2D eigenvalue weighted by Crippen LogP contribution is 2.25. The van der Waals surface area contributed by atoms with Crippen molar-refractivity contribution in [3.63, 3.8) is 0 Å². The minimum absolute atomic E-state index is 0.0904. The van der Waals surface area contributed by atoms with Gasteiger partial charge in [0.15, 0.2) is 0 Å². The Hall–Kier alpha value is -2.91. The summed E-state index contributed by atoms with van der Waals surface area (Å²) < 4.78 is 0. The Kier molecular flexibility index (Phi) is 6.94. The van der Waals surface area contributed by atoms with Crippen LogP contribution < -0.4 is 5.32 Å². The van der Waals surface area contributed by atoms with Crippen LogP contribution in [-0.2, 0) is 11.3 Å². The molecule has 0 bridgehead atoms.